The van der Waals surface area contributed by atoms with E-state index in [2.05, 4.69) is 10.2 Å². The van der Waals surface area contributed by atoms with Crippen molar-refractivity contribution in [3.8, 4) is 0 Å². The predicted molar refractivity (Wildman–Crippen MR) is 79.9 cm³/mol. The third-order valence-corrected chi connectivity index (χ3v) is 3.84. The number of hydrogen-bond acceptors (Lipinski definition) is 5. The van der Waals surface area contributed by atoms with Gasteiger partial charge in [0.25, 0.3) is 0 Å². The van der Waals surface area contributed by atoms with Crippen molar-refractivity contribution >= 4 is 11.7 Å². The van der Waals surface area contributed by atoms with E-state index in [0.29, 0.717) is 12.2 Å². The number of rotatable bonds is 5. The van der Waals surface area contributed by atoms with E-state index in [4.69, 9.17) is 4.74 Å². The van der Waals surface area contributed by atoms with Gasteiger partial charge in [-0.1, -0.05) is 12.1 Å². The number of nitrogens with one attached hydrogen (secondary N) is 1. The minimum absolute atomic E-state index is 0.186. The smallest absolute Gasteiger partial charge is 0.324 e. The fraction of sp³-hybridized carbons (Fsp3) is 0.533. The first-order valence-corrected chi connectivity index (χ1v) is 7.12. The summed E-state index contributed by atoms with van der Waals surface area (Å²) in [5, 5.41) is 2.96. The molecule has 1 aromatic carbocycles. The Morgan fingerprint density at radius 3 is 2.57 bits per heavy atom. The highest BCUT2D eigenvalue weighted by Gasteiger charge is 2.24. The first kappa shape index (κ1) is 15.7. The highest BCUT2D eigenvalue weighted by molar-refractivity contribution is 5.75. The van der Waals surface area contributed by atoms with Crippen LogP contribution >= 0.6 is 0 Å². The number of ether oxygens (including phenoxy) is 1. The van der Waals surface area contributed by atoms with Crippen molar-refractivity contribution < 1.29 is 13.9 Å². The second kappa shape index (κ2) is 7.38. The van der Waals surface area contributed by atoms with Gasteiger partial charge in [0.05, 0.1) is 12.8 Å². The molecule has 0 saturated carbocycles. The summed E-state index contributed by atoms with van der Waals surface area (Å²) in [5.74, 6) is -0.442. The number of nitrogens with zero attached hydrogens (tertiary/aromatic N) is 2. The summed E-state index contributed by atoms with van der Waals surface area (Å²) in [4.78, 5) is 15.8. The molecule has 0 aromatic heterocycles. The van der Waals surface area contributed by atoms with Crippen molar-refractivity contribution in [1.29, 1.82) is 0 Å². The van der Waals surface area contributed by atoms with E-state index in [0.717, 1.165) is 26.2 Å². The van der Waals surface area contributed by atoms with Gasteiger partial charge in [-0.15, -0.1) is 0 Å². The molecule has 0 radical (unpaired) electrons. The van der Waals surface area contributed by atoms with E-state index < -0.39 is 0 Å². The normalized spacial score (nSPS) is 17.6. The van der Waals surface area contributed by atoms with Crippen molar-refractivity contribution in [1.82, 2.24) is 10.2 Å². The van der Waals surface area contributed by atoms with Gasteiger partial charge in [-0.05, 0) is 19.2 Å². The van der Waals surface area contributed by atoms with Gasteiger partial charge >= 0.3 is 5.97 Å². The number of methoxy groups -OCH3 is 1. The van der Waals surface area contributed by atoms with Crippen LogP contribution in [-0.4, -0.2) is 63.8 Å². The zero-order chi connectivity index (χ0) is 15.2. The van der Waals surface area contributed by atoms with E-state index in [1.165, 1.54) is 13.2 Å². The third-order valence-electron chi connectivity index (χ3n) is 3.84. The Balaban J connectivity index is 1.89. The molecule has 1 N–H and O–H groups in total. The number of para-hydroxylation sites is 1. The van der Waals surface area contributed by atoms with Gasteiger partial charge < -0.3 is 15.0 Å². The summed E-state index contributed by atoms with van der Waals surface area (Å²) >= 11 is 0. The number of esters is 1. The molecule has 1 aliphatic rings. The molecule has 1 heterocycles. The molecular formula is C15H22FN3O2. The van der Waals surface area contributed by atoms with Crippen LogP contribution in [0.5, 0.6) is 0 Å². The van der Waals surface area contributed by atoms with Crippen LogP contribution in [-0.2, 0) is 9.53 Å². The first-order valence-electron chi connectivity index (χ1n) is 7.12. The fourth-order valence-electron chi connectivity index (χ4n) is 2.56. The maximum atomic E-state index is 13.8. The van der Waals surface area contributed by atoms with Crippen molar-refractivity contribution in [2.75, 3.05) is 51.8 Å². The van der Waals surface area contributed by atoms with Crippen LogP contribution in [0.25, 0.3) is 0 Å². The molecule has 0 amide bonds. The largest absolute Gasteiger partial charge is 0.468 e. The van der Waals surface area contributed by atoms with E-state index in [9.17, 15) is 9.18 Å². The Morgan fingerprint density at radius 1 is 1.33 bits per heavy atom. The average Bonchev–Trinajstić information content (AvgIpc) is 2.53. The molecule has 0 bridgehead atoms. The summed E-state index contributed by atoms with van der Waals surface area (Å²) < 4.78 is 18.5. The quantitative estimate of drug-likeness (QED) is 0.811. The fourth-order valence-corrected chi connectivity index (χ4v) is 2.56. The standard InChI is InChI=1S/C15H22FN3O2/c1-17-13(15(20)21-2)11-18-7-9-19(10-8-18)14-6-4-3-5-12(14)16/h3-6,13,17H,7-11H2,1-2H3. The number of halogens is 1. The van der Waals surface area contributed by atoms with Crippen LogP contribution in [0.1, 0.15) is 0 Å². The molecule has 1 aliphatic heterocycles. The van der Waals surface area contributed by atoms with Gasteiger partial charge in [-0.3, -0.25) is 9.69 Å². The van der Waals surface area contributed by atoms with Crippen molar-refractivity contribution in [3.05, 3.63) is 30.1 Å². The number of carbonyl (C=O) groups excluding carboxylic acids is 1. The zero-order valence-electron chi connectivity index (χ0n) is 12.5. The third kappa shape index (κ3) is 3.92. The number of likely N-dealkylation sites (N-methyl/N-ethyl adjacent to an activating group) is 1. The lowest BCUT2D eigenvalue weighted by molar-refractivity contribution is -0.143. The SMILES string of the molecule is CNC(CN1CCN(c2ccccc2F)CC1)C(=O)OC. The molecule has 1 aromatic rings. The molecule has 1 atom stereocenters. The van der Waals surface area contributed by atoms with E-state index in [1.54, 1.807) is 19.2 Å². The summed E-state index contributed by atoms with van der Waals surface area (Å²) in [6.07, 6.45) is 0. The lowest BCUT2D eigenvalue weighted by Crippen LogP contribution is -2.52. The predicted octanol–water partition coefficient (Wildman–Crippen LogP) is 0.709. The number of benzene rings is 1. The van der Waals surface area contributed by atoms with Crippen LogP contribution in [0.2, 0.25) is 0 Å². The summed E-state index contributed by atoms with van der Waals surface area (Å²) in [5.41, 5.74) is 0.648. The molecule has 116 valence electrons. The molecule has 2 rings (SSSR count). The Morgan fingerprint density at radius 2 is 2.00 bits per heavy atom. The first-order chi connectivity index (χ1) is 10.2. The monoisotopic (exact) mass is 295 g/mol. The van der Waals surface area contributed by atoms with Crippen LogP contribution in [0, 0.1) is 5.82 Å². The highest BCUT2D eigenvalue weighted by Crippen LogP contribution is 2.20. The Bertz CT molecular complexity index is 476. The Hall–Kier alpha value is -1.66. The molecule has 5 nitrogen and oxygen atoms in total. The second-order valence-electron chi connectivity index (χ2n) is 5.10. The molecule has 1 saturated heterocycles. The minimum atomic E-state index is -0.324. The molecule has 21 heavy (non-hydrogen) atoms. The number of carbonyl (C=O) groups is 1. The highest BCUT2D eigenvalue weighted by atomic mass is 19.1. The summed E-state index contributed by atoms with van der Waals surface area (Å²) in [6.45, 7) is 3.69. The van der Waals surface area contributed by atoms with E-state index in [-0.39, 0.29) is 17.8 Å². The molecule has 0 aliphatic carbocycles. The maximum Gasteiger partial charge on any atom is 0.324 e. The number of hydrogen-bond donors (Lipinski definition) is 1. The van der Waals surface area contributed by atoms with Crippen molar-refractivity contribution in [3.63, 3.8) is 0 Å². The van der Waals surface area contributed by atoms with Crippen molar-refractivity contribution in [2.45, 2.75) is 6.04 Å². The van der Waals surface area contributed by atoms with Crippen LogP contribution < -0.4 is 10.2 Å². The summed E-state index contributed by atoms with van der Waals surface area (Å²) in [7, 11) is 3.14. The van der Waals surface area contributed by atoms with E-state index in [1.807, 2.05) is 11.0 Å². The minimum Gasteiger partial charge on any atom is -0.468 e. The Labute approximate surface area is 124 Å². The van der Waals surface area contributed by atoms with Gasteiger partial charge in [0.2, 0.25) is 0 Å². The van der Waals surface area contributed by atoms with E-state index >= 15 is 0 Å². The molecule has 6 heteroatoms. The molecule has 0 spiro atoms. The van der Waals surface area contributed by atoms with Crippen molar-refractivity contribution in [2.24, 2.45) is 0 Å². The second-order valence-corrected chi connectivity index (χ2v) is 5.10. The zero-order valence-corrected chi connectivity index (χ0v) is 12.5. The van der Waals surface area contributed by atoms with Gasteiger partial charge in [-0.25, -0.2) is 4.39 Å². The van der Waals surface area contributed by atoms with Gasteiger partial charge in [0.15, 0.2) is 0 Å². The summed E-state index contributed by atoms with van der Waals surface area (Å²) in [6, 6.07) is 6.50. The number of piperazine rings is 1. The number of anilines is 1. The molecular weight excluding hydrogens is 273 g/mol. The Kier molecular flexibility index (Phi) is 5.52. The van der Waals surface area contributed by atoms with Crippen LogP contribution in [0.3, 0.4) is 0 Å². The maximum absolute atomic E-state index is 13.8. The molecule has 1 unspecified atom stereocenters. The lowest BCUT2D eigenvalue weighted by Gasteiger charge is -2.37. The van der Waals surface area contributed by atoms with Crippen LogP contribution in [0.4, 0.5) is 10.1 Å². The lowest BCUT2D eigenvalue weighted by atomic mass is 10.2. The topological polar surface area (TPSA) is 44.8 Å². The molecule has 1 fully saturated rings. The van der Waals surface area contributed by atoms with Gasteiger partial charge in [0, 0.05) is 32.7 Å². The average molecular weight is 295 g/mol. The van der Waals surface area contributed by atoms with Gasteiger partial charge in [-0.2, -0.15) is 0 Å². The van der Waals surface area contributed by atoms with Crippen LogP contribution in [0.15, 0.2) is 24.3 Å². The van der Waals surface area contributed by atoms with Gasteiger partial charge in [0.1, 0.15) is 11.9 Å².